The van der Waals surface area contributed by atoms with Crippen molar-refractivity contribution in [3.05, 3.63) is 28.2 Å². The molecule has 5 heteroatoms. The van der Waals surface area contributed by atoms with Crippen LogP contribution in [-0.2, 0) is 4.79 Å². The van der Waals surface area contributed by atoms with Crippen molar-refractivity contribution in [2.75, 3.05) is 0 Å². The molecule has 0 saturated heterocycles. The molecule has 1 atom stereocenters. The van der Waals surface area contributed by atoms with Gasteiger partial charge in [-0.3, -0.25) is 9.59 Å². The van der Waals surface area contributed by atoms with Gasteiger partial charge in [0.25, 0.3) is 0 Å². The van der Waals surface area contributed by atoms with Crippen molar-refractivity contribution in [3.8, 4) is 0 Å². The monoisotopic (exact) mass is 286 g/mol. The summed E-state index contributed by atoms with van der Waals surface area (Å²) in [6, 6.07) is 5.30. The molecule has 78 valence electrons. The van der Waals surface area contributed by atoms with E-state index >= 15 is 0 Å². The summed E-state index contributed by atoms with van der Waals surface area (Å²) in [5.74, 6) is -1.03. The number of ketones is 1. The average molecular weight is 287 g/mol. The molecule has 1 unspecified atom stereocenters. The van der Waals surface area contributed by atoms with Gasteiger partial charge in [-0.2, -0.15) is 0 Å². The first-order valence-corrected chi connectivity index (χ1v) is 5.97. The Hall–Kier alpha value is -0.810. The molecule has 0 radical (unpaired) electrons. The fraction of sp³-hybridized carbons (Fsp3) is 0.200. The van der Waals surface area contributed by atoms with Crippen LogP contribution in [0.3, 0.4) is 0 Å². The molecule has 1 aromatic carbocycles. The number of aliphatic carboxylic acids is 1. The second-order valence-corrected chi connectivity index (χ2v) is 5.37. The Bertz CT molecular complexity index is 444. The lowest BCUT2D eigenvalue weighted by atomic mass is 10.1. The normalized spacial score (nSPS) is 19.8. The Balaban J connectivity index is 2.41. The van der Waals surface area contributed by atoms with E-state index in [2.05, 4.69) is 15.9 Å². The number of hydrogen-bond donors (Lipinski definition) is 1. The lowest BCUT2D eigenvalue weighted by Gasteiger charge is -2.19. The van der Waals surface area contributed by atoms with Crippen LogP contribution >= 0.6 is 27.7 Å². The summed E-state index contributed by atoms with van der Waals surface area (Å²) in [6.45, 7) is 0. The molecule has 0 fully saturated rings. The lowest BCUT2D eigenvalue weighted by molar-refractivity contribution is -0.136. The third-order valence-electron chi connectivity index (χ3n) is 2.16. The van der Waals surface area contributed by atoms with Gasteiger partial charge in [0.2, 0.25) is 0 Å². The van der Waals surface area contributed by atoms with E-state index in [1.54, 1.807) is 18.2 Å². The highest BCUT2D eigenvalue weighted by molar-refractivity contribution is 9.10. The third-order valence-corrected chi connectivity index (χ3v) is 3.90. The van der Waals surface area contributed by atoms with E-state index < -0.39 is 11.2 Å². The van der Waals surface area contributed by atoms with Crippen LogP contribution in [0.1, 0.15) is 16.8 Å². The molecule has 0 aromatic heterocycles. The van der Waals surface area contributed by atoms with Crippen LogP contribution in [0.25, 0.3) is 0 Å². The smallest absolute Gasteiger partial charge is 0.317 e. The summed E-state index contributed by atoms with van der Waals surface area (Å²) in [4.78, 5) is 23.2. The number of thioether (sulfide) groups is 1. The third kappa shape index (κ3) is 2.08. The largest absolute Gasteiger partial charge is 0.480 e. The Morgan fingerprint density at radius 1 is 1.53 bits per heavy atom. The summed E-state index contributed by atoms with van der Waals surface area (Å²) in [5, 5.41) is 8.21. The molecule has 1 heterocycles. The molecule has 0 amide bonds. The van der Waals surface area contributed by atoms with Gasteiger partial charge in [0, 0.05) is 21.4 Å². The van der Waals surface area contributed by atoms with Crippen molar-refractivity contribution in [1.29, 1.82) is 0 Å². The number of carbonyl (C=O) groups is 2. The SMILES string of the molecule is O=C1CC(C(=O)O)Sc2cc(Br)ccc21. The highest BCUT2D eigenvalue weighted by atomic mass is 79.9. The topological polar surface area (TPSA) is 54.4 Å². The van der Waals surface area contributed by atoms with E-state index in [9.17, 15) is 9.59 Å². The van der Waals surface area contributed by atoms with E-state index in [0.717, 1.165) is 9.37 Å². The zero-order chi connectivity index (χ0) is 11.0. The highest BCUT2D eigenvalue weighted by Gasteiger charge is 2.30. The van der Waals surface area contributed by atoms with Crippen molar-refractivity contribution >= 4 is 39.4 Å². The van der Waals surface area contributed by atoms with Gasteiger partial charge < -0.3 is 5.11 Å². The van der Waals surface area contributed by atoms with Crippen LogP contribution in [0.4, 0.5) is 0 Å². The second-order valence-electron chi connectivity index (χ2n) is 3.21. The fourth-order valence-electron chi connectivity index (χ4n) is 1.44. The van der Waals surface area contributed by atoms with Crippen molar-refractivity contribution < 1.29 is 14.7 Å². The van der Waals surface area contributed by atoms with Crippen LogP contribution in [0.15, 0.2) is 27.6 Å². The first kappa shape index (κ1) is 10.7. The van der Waals surface area contributed by atoms with E-state index in [0.29, 0.717) is 5.56 Å². The molecule has 3 nitrogen and oxygen atoms in total. The summed E-state index contributed by atoms with van der Waals surface area (Å²) in [6.07, 6.45) is 0.0780. The number of benzene rings is 1. The second kappa shape index (κ2) is 3.98. The van der Waals surface area contributed by atoms with Gasteiger partial charge in [0.1, 0.15) is 5.25 Å². The molecule has 1 N–H and O–H groups in total. The Morgan fingerprint density at radius 2 is 2.27 bits per heavy atom. The minimum atomic E-state index is -0.932. The maximum atomic E-state index is 11.6. The molecule has 0 spiro atoms. The number of Topliss-reactive ketones (excluding diaryl/α,β-unsaturated/α-hetero) is 1. The molecule has 1 aliphatic heterocycles. The summed E-state index contributed by atoms with van der Waals surface area (Å²) in [7, 11) is 0. The Labute approximate surface area is 99.0 Å². The first-order valence-electron chi connectivity index (χ1n) is 4.30. The van der Waals surface area contributed by atoms with Gasteiger partial charge in [-0.15, -0.1) is 11.8 Å². The maximum absolute atomic E-state index is 11.6. The zero-order valence-electron chi connectivity index (χ0n) is 7.57. The van der Waals surface area contributed by atoms with Crippen molar-refractivity contribution in [2.45, 2.75) is 16.6 Å². The molecular formula is C10H7BrO3S. The summed E-state index contributed by atoms with van der Waals surface area (Å²) in [5.41, 5.74) is 0.626. The van der Waals surface area contributed by atoms with Gasteiger partial charge in [0.05, 0.1) is 0 Å². The maximum Gasteiger partial charge on any atom is 0.317 e. The number of carboxylic acid groups (broad SMARTS) is 1. The summed E-state index contributed by atoms with van der Waals surface area (Å²) >= 11 is 4.53. The van der Waals surface area contributed by atoms with Crippen LogP contribution in [0, 0.1) is 0 Å². The molecule has 0 saturated carbocycles. The van der Waals surface area contributed by atoms with Crippen molar-refractivity contribution in [2.24, 2.45) is 0 Å². The van der Waals surface area contributed by atoms with Crippen LogP contribution in [0.5, 0.6) is 0 Å². The van der Waals surface area contributed by atoms with Gasteiger partial charge in [-0.05, 0) is 18.2 Å². The predicted molar refractivity (Wildman–Crippen MR) is 60.4 cm³/mol. The Morgan fingerprint density at radius 3 is 2.93 bits per heavy atom. The quantitative estimate of drug-likeness (QED) is 0.862. The van der Waals surface area contributed by atoms with Crippen molar-refractivity contribution in [3.63, 3.8) is 0 Å². The van der Waals surface area contributed by atoms with E-state index in [4.69, 9.17) is 5.11 Å². The molecule has 0 aliphatic carbocycles. The fourth-order valence-corrected chi connectivity index (χ4v) is 3.09. The number of halogens is 1. The first-order chi connectivity index (χ1) is 7.08. The standard InChI is InChI=1S/C10H7BrO3S/c11-5-1-2-6-7(12)4-9(10(13)14)15-8(6)3-5/h1-3,9H,4H2,(H,13,14). The molecule has 2 rings (SSSR count). The molecule has 1 aromatic rings. The van der Waals surface area contributed by atoms with E-state index in [1.165, 1.54) is 11.8 Å². The molecule has 15 heavy (non-hydrogen) atoms. The number of carbonyl (C=O) groups excluding carboxylic acids is 1. The number of fused-ring (bicyclic) bond motifs is 1. The van der Waals surface area contributed by atoms with Crippen LogP contribution < -0.4 is 0 Å². The lowest BCUT2D eigenvalue weighted by Crippen LogP contribution is -2.24. The van der Waals surface area contributed by atoms with Gasteiger partial charge in [-0.25, -0.2) is 0 Å². The Kier molecular flexibility index (Phi) is 2.84. The molecule has 1 aliphatic rings. The minimum absolute atomic E-state index is 0.0780. The average Bonchev–Trinajstić information content (AvgIpc) is 2.16. The van der Waals surface area contributed by atoms with E-state index in [-0.39, 0.29) is 12.2 Å². The highest BCUT2D eigenvalue weighted by Crippen LogP contribution is 2.36. The van der Waals surface area contributed by atoms with Crippen LogP contribution in [0.2, 0.25) is 0 Å². The molecular weight excluding hydrogens is 280 g/mol. The summed E-state index contributed by atoms with van der Waals surface area (Å²) < 4.78 is 0.854. The minimum Gasteiger partial charge on any atom is -0.480 e. The van der Waals surface area contributed by atoms with Gasteiger partial charge >= 0.3 is 5.97 Å². The predicted octanol–water partition coefficient (Wildman–Crippen LogP) is 2.58. The molecule has 0 bridgehead atoms. The number of rotatable bonds is 1. The number of hydrogen-bond acceptors (Lipinski definition) is 3. The van der Waals surface area contributed by atoms with Crippen molar-refractivity contribution in [1.82, 2.24) is 0 Å². The van der Waals surface area contributed by atoms with E-state index in [1.807, 2.05) is 0 Å². The number of carboxylic acids is 1. The van der Waals surface area contributed by atoms with Gasteiger partial charge in [-0.1, -0.05) is 15.9 Å². The van der Waals surface area contributed by atoms with Gasteiger partial charge in [0.15, 0.2) is 5.78 Å². The van der Waals surface area contributed by atoms with Crippen LogP contribution in [-0.4, -0.2) is 22.1 Å². The zero-order valence-corrected chi connectivity index (χ0v) is 9.97.